The van der Waals surface area contributed by atoms with Crippen molar-refractivity contribution in [3.05, 3.63) is 48.3 Å². The average Bonchev–Trinajstić information content (AvgIpc) is 3.38. The molecule has 0 saturated carbocycles. The number of urea groups is 1. The second-order valence-electron chi connectivity index (χ2n) is 8.27. The van der Waals surface area contributed by atoms with Gasteiger partial charge in [0.05, 0.1) is 13.0 Å². The molecule has 0 radical (unpaired) electrons. The number of hydrogen-bond acceptors (Lipinski definition) is 5. The number of anilines is 1. The number of likely N-dealkylation sites (tertiary alicyclic amines) is 2. The molecule has 2 fully saturated rings. The number of nitrogens with one attached hydrogen (secondary N) is 1. The fourth-order valence-corrected chi connectivity index (χ4v) is 4.23. The Hall–Kier alpha value is -3.29. The van der Waals surface area contributed by atoms with Crippen LogP contribution < -0.4 is 14.8 Å². The molecule has 3 amide bonds. The number of amides is 3. The van der Waals surface area contributed by atoms with E-state index in [0.29, 0.717) is 36.9 Å². The van der Waals surface area contributed by atoms with Gasteiger partial charge in [0.25, 0.3) is 0 Å². The highest BCUT2D eigenvalue weighted by Gasteiger charge is 2.31. The predicted octanol–water partition coefficient (Wildman–Crippen LogP) is 3.54. The molecule has 1 aromatic carbocycles. The first-order valence-corrected chi connectivity index (χ1v) is 11.2. The van der Waals surface area contributed by atoms with Gasteiger partial charge in [-0.1, -0.05) is 6.07 Å². The third-order valence-electron chi connectivity index (χ3n) is 5.99. The summed E-state index contributed by atoms with van der Waals surface area (Å²) in [6.45, 7) is 3.16. The number of pyridine rings is 1. The average molecular weight is 439 g/mol. The normalized spacial score (nSPS) is 18.3. The Kier molecular flexibility index (Phi) is 7.09. The molecule has 3 heterocycles. The molecule has 2 aliphatic heterocycles. The molecule has 1 aromatic heterocycles. The van der Waals surface area contributed by atoms with Gasteiger partial charge < -0.3 is 24.6 Å². The highest BCUT2D eigenvalue weighted by molar-refractivity contribution is 5.93. The maximum absolute atomic E-state index is 13.0. The summed E-state index contributed by atoms with van der Waals surface area (Å²) in [6, 6.07) is 9.19. The smallest absolute Gasteiger partial charge is 0.320 e. The number of ether oxygens (including phenoxy) is 2. The molecule has 8 heteroatoms. The van der Waals surface area contributed by atoms with Crippen LogP contribution in [0.25, 0.3) is 0 Å². The highest BCUT2D eigenvalue weighted by Crippen LogP contribution is 2.31. The van der Waals surface area contributed by atoms with Crippen molar-refractivity contribution in [2.75, 3.05) is 38.6 Å². The summed E-state index contributed by atoms with van der Waals surface area (Å²) in [5, 5.41) is 2.99. The summed E-state index contributed by atoms with van der Waals surface area (Å²) in [4.78, 5) is 33.5. The number of carbonyl (C=O) groups is 2. The minimum absolute atomic E-state index is 0.0653. The molecule has 2 aromatic rings. The maximum Gasteiger partial charge on any atom is 0.320 e. The Morgan fingerprint density at radius 2 is 1.91 bits per heavy atom. The Labute approximate surface area is 188 Å². The highest BCUT2D eigenvalue weighted by atomic mass is 16.5. The lowest BCUT2D eigenvalue weighted by molar-refractivity contribution is -0.121. The van der Waals surface area contributed by atoms with Crippen LogP contribution in [0.2, 0.25) is 0 Å². The number of nitrogens with zero attached hydrogens (tertiary/aromatic N) is 3. The minimum Gasteiger partial charge on any atom is -0.493 e. The van der Waals surface area contributed by atoms with E-state index in [1.54, 1.807) is 37.7 Å². The monoisotopic (exact) mass is 438 g/mol. The Morgan fingerprint density at radius 3 is 2.66 bits per heavy atom. The molecule has 32 heavy (non-hydrogen) atoms. The largest absolute Gasteiger partial charge is 0.493 e. The fraction of sp³-hybridized carbons (Fsp3) is 0.458. The SMILES string of the molecule is COc1ccc(NC(=O)C2CCCN(C(=O)N3CCCC3)C2)cc1OCc1cccnc1. The second kappa shape index (κ2) is 10.3. The lowest BCUT2D eigenvalue weighted by Crippen LogP contribution is -2.48. The molecule has 1 unspecified atom stereocenters. The second-order valence-corrected chi connectivity index (χ2v) is 8.27. The van der Waals surface area contributed by atoms with Crippen LogP contribution in [0.1, 0.15) is 31.2 Å². The Morgan fingerprint density at radius 1 is 1.09 bits per heavy atom. The van der Waals surface area contributed by atoms with E-state index in [2.05, 4.69) is 10.3 Å². The molecule has 1 N–H and O–H groups in total. The number of aromatic nitrogens is 1. The summed E-state index contributed by atoms with van der Waals surface area (Å²) in [5.41, 5.74) is 1.58. The summed E-state index contributed by atoms with van der Waals surface area (Å²) in [5.74, 6) is 0.833. The van der Waals surface area contributed by atoms with Crippen LogP contribution in [0.3, 0.4) is 0 Å². The number of hydrogen-bond donors (Lipinski definition) is 1. The van der Waals surface area contributed by atoms with Gasteiger partial charge in [0.2, 0.25) is 5.91 Å². The summed E-state index contributed by atoms with van der Waals surface area (Å²) < 4.78 is 11.3. The number of rotatable bonds is 6. The van der Waals surface area contributed by atoms with Gasteiger partial charge in [-0.2, -0.15) is 0 Å². The lowest BCUT2D eigenvalue weighted by atomic mass is 9.97. The number of benzene rings is 1. The van der Waals surface area contributed by atoms with E-state index in [9.17, 15) is 9.59 Å². The zero-order valence-electron chi connectivity index (χ0n) is 18.5. The molecule has 170 valence electrons. The minimum atomic E-state index is -0.225. The van der Waals surface area contributed by atoms with E-state index in [1.165, 1.54) is 0 Å². The molecular formula is C24H30N4O4. The number of carbonyl (C=O) groups excluding carboxylic acids is 2. The van der Waals surface area contributed by atoms with Crippen molar-refractivity contribution in [1.29, 1.82) is 0 Å². The van der Waals surface area contributed by atoms with Crippen LogP contribution in [0.4, 0.5) is 10.5 Å². The molecule has 8 nitrogen and oxygen atoms in total. The summed E-state index contributed by atoms with van der Waals surface area (Å²) >= 11 is 0. The van der Waals surface area contributed by atoms with Crippen molar-refractivity contribution < 1.29 is 19.1 Å². The van der Waals surface area contributed by atoms with Crippen LogP contribution in [0.15, 0.2) is 42.7 Å². The van der Waals surface area contributed by atoms with Gasteiger partial charge in [-0.15, -0.1) is 0 Å². The molecule has 0 aliphatic carbocycles. The first kappa shape index (κ1) is 21.9. The van der Waals surface area contributed by atoms with Crippen LogP contribution >= 0.6 is 0 Å². The maximum atomic E-state index is 13.0. The molecule has 0 bridgehead atoms. The Balaban J connectivity index is 1.38. The van der Waals surface area contributed by atoms with Crippen LogP contribution in [0, 0.1) is 5.92 Å². The first-order valence-electron chi connectivity index (χ1n) is 11.2. The van der Waals surface area contributed by atoms with Crippen molar-refractivity contribution in [2.24, 2.45) is 5.92 Å². The molecule has 2 aliphatic rings. The van der Waals surface area contributed by atoms with Gasteiger partial charge in [0.15, 0.2) is 11.5 Å². The van der Waals surface area contributed by atoms with E-state index in [4.69, 9.17) is 9.47 Å². The molecule has 0 spiro atoms. The van der Waals surface area contributed by atoms with Crippen molar-refractivity contribution in [3.8, 4) is 11.5 Å². The first-order chi connectivity index (χ1) is 15.6. The van der Waals surface area contributed by atoms with Crippen LogP contribution in [-0.4, -0.2) is 60.0 Å². The van der Waals surface area contributed by atoms with Gasteiger partial charge in [-0.05, 0) is 43.9 Å². The fourth-order valence-electron chi connectivity index (χ4n) is 4.23. The van der Waals surface area contributed by atoms with Gasteiger partial charge in [-0.25, -0.2) is 4.79 Å². The van der Waals surface area contributed by atoms with Crippen molar-refractivity contribution in [2.45, 2.75) is 32.3 Å². The topological polar surface area (TPSA) is 84.0 Å². The molecule has 4 rings (SSSR count). The quantitative estimate of drug-likeness (QED) is 0.746. The van der Waals surface area contributed by atoms with Crippen molar-refractivity contribution in [1.82, 2.24) is 14.8 Å². The molecular weight excluding hydrogens is 408 g/mol. The molecule has 1 atom stereocenters. The Bertz CT molecular complexity index is 931. The molecule has 2 saturated heterocycles. The van der Waals surface area contributed by atoms with Gasteiger partial charge >= 0.3 is 6.03 Å². The van der Waals surface area contributed by atoms with Crippen molar-refractivity contribution >= 4 is 17.6 Å². The van der Waals surface area contributed by atoms with E-state index >= 15 is 0 Å². The predicted molar refractivity (Wildman–Crippen MR) is 121 cm³/mol. The number of methoxy groups -OCH3 is 1. The summed E-state index contributed by atoms with van der Waals surface area (Å²) in [6.07, 6.45) is 7.19. The van der Waals surface area contributed by atoms with Crippen LogP contribution in [0.5, 0.6) is 11.5 Å². The van der Waals surface area contributed by atoms with Crippen molar-refractivity contribution in [3.63, 3.8) is 0 Å². The van der Waals surface area contributed by atoms with Gasteiger partial charge in [0.1, 0.15) is 6.61 Å². The van der Waals surface area contributed by atoms with E-state index in [1.807, 2.05) is 21.9 Å². The summed E-state index contributed by atoms with van der Waals surface area (Å²) in [7, 11) is 1.58. The zero-order valence-corrected chi connectivity index (χ0v) is 18.5. The van der Waals surface area contributed by atoms with Crippen LogP contribution in [-0.2, 0) is 11.4 Å². The van der Waals surface area contributed by atoms with E-state index in [-0.39, 0.29) is 17.9 Å². The van der Waals surface area contributed by atoms with Gasteiger partial charge in [-0.3, -0.25) is 9.78 Å². The third kappa shape index (κ3) is 5.30. The zero-order chi connectivity index (χ0) is 22.3. The van der Waals surface area contributed by atoms with E-state index in [0.717, 1.165) is 44.3 Å². The number of piperidine rings is 1. The van der Waals surface area contributed by atoms with Gasteiger partial charge in [0, 0.05) is 55.9 Å². The lowest BCUT2D eigenvalue weighted by Gasteiger charge is -2.34. The van der Waals surface area contributed by atoms with E-state index < -0.39 is 0 Å². The standard InChI is InChI=1S/C24H30N4O4/c1-31-21-9-8-20(14-22(21)32-17-18-6-4-10-25-15-18)26-23(29)19-7-5-13-28(16-19)24(30)27-11-2-3-12-27/h4,6,8-10,14-15,19H,2-3,5,7,11-13,16-17H2,1H3,(H,26,29). The third-order valence-corrected chi connectivity index (χ3v) is 5.99.